The van der Waals surface area contributed by atoms with E-state index in [1.54, 1.807) is 12.1 Å². The Morgan fingerprint density at radius 2 is 2.08 bits per heavy atom. The fourth-order valence-electron chi connectivity index (χ4n) is 4.01. The van der Waals surface area contributed by atoms with Gasteiger partial charge in [0.05, 0.1) is 25.0 Å². The van der Waals surface area contributed by atoms with E-state index in [4.69, 9.17) is 15.1 Å². The molecule has 13 nitrogen and oxygen atoms in total. The largest absolute Gasteiger partial charge is 0.504 e. The Morgan fingerprint density at radius 3 is 2.86 bits per heavy atom. The number of hydrogen-bond acceptors (Lipinski definition) is 11. The molecule has 0 saturated heterocycles. The third kappa shape index (κ3) is 4.13. The molecule has 0 fully saturated rings. The van der Waals surface area contributed by atoms with Gasteiger partial charge < -0.3 is 20.5 Å². The summed E-state index contributed by atoms with van der Waals surface area (Å²) in [6.45, 7) is 5.00. The van der Waals surface area contributed by atoms with Gasteiger partial charge in [-0.1, -0.05) is 30.0 Å². The number of phenols is 1. The minimum Gasteiger partial charge on any atom is -0.504 e. The number of rotatable bonds is 8. The molecule has 13 heteroatoms. The molecule has 2 aromatic carbocycles. The summed E-state index contributed by atoms with van der Waals surface area (Å²) in [7, 11) is 1.44. The average molecular weight is 489 g/mol. The average Bonchev–Trinajstić information content (AvgIpc) is 3.61. The standard InChI is InChI=1S/C23H23N9O4/c1-13(15-7-8-18(33)19(11-15)35-2)25-27-23(34)20-17(32(30-26-20)22-21(24)28-36-29-22)12-31-10-9-14-5-3-4-6-16(14)31/h3-8,11,25,33H,1,9-10,12H2,2H3,(H2,24,28)(H,27,34). The highest BCUT2D eigenvalue weighted by atomic mass is 16.6. The summed E-state index contributed by atoms with van der Waals surface area (Å²) in [6, 6.07) is 12.8. The number of methoxy groups -OCH3 is 1. The van der Waals surface area contributed by atoms with Crippen LogP contribution in [0.2, 0.25) is 0 Å². The van der Waals surface area contributed by atoms with Gasteiger partial charge in [-0.2, -0.15) is 4.68 Å². The molecule has 1 aliphatic heterocycles. The van der Waals surface area contributed by atoms with Crippen molar-refractivity contribution in [2.24, 2.45) is 0 Å². The lowest BCUT2D eigenvalue weighted by Crippen LogP contribution is -2.37. The van der Waals surface area contributed by atoms with Crippen molar-refractivity contribution in [3.8, 4) is 17.3 Å². The number of aromatic nitrogens is 5. The monoisotopic (exact) mass is 489 g/mol. The van der Waals surface area contributed by atoms with E-state index < -0.39 is 5.91 Å². The maximum atomic E-state index is 13.2. The van der Waals surface area contributed by atoms with E-state index in [0.29, 0.717) is 23.5 Å². The summed E-state index contributed by atoms with van der Waals surface area (Å²) in [6.07, 6.45) is 0.879. The number of ether oxygens (including phenoxy) is 1. The number of aromatic hydroxyl groups is 1. The SMILES string of the molecule is C=C(NNC(=O)c1nnn(-c2nonc2N)c1CN1CCc2ccccc21)c1ccc(O)c(OC)c1. The van der Waals surface area contributed by atoms with E-state index in [2.05, 4.69) is 49.0 Å². The van der Waals surface area contributed by atoms with Crippen molar-refractivity contribution in [2.45, 2.75) is 13.0 Å². The van der Waals surface area contributed by atoms with Gasteiger partial charge in [0.15, 0.2) is 17.2 Å². The number of carbonyl (C=O) groups is 1. The molecule has 0 saturated carbocycles. The Balaban J connectivity index is 1.40. The van der Waals surface area contributed by atoms with Gasteiger partial charge in [0, 0.05) is 17.8 Å². The summed E-state index contributed by atoms with van der Waals surface area (Å²) in [5.74, 6) is -0.132. The predicted molar refractivity (Wildman–Crippen MR) is 129 cm³/mol. The molecule has 1 aliphatic rings. The van der Waals surface area contributed by atoms with E-state index in [-0.39, 0.29) is 28.8 Å². The van der Waals surface area contributed by atoms with Crippen molar-refractivity contribution in [1.29, 1.82) is 0 Å². The molecule has 0 bridgehead atoms. The topological polar surface area (TPSA) is 169 Å². The van der Waals surface area contributed by atoms with E-state index in [9.17, 15) is 9.90 Å². The first-order chi connectivity index (χ1) is 17.5. The minimum absolute atomic E-state index is 0.00977. The molecular weight excluding hydrogens is 466 g/mol. The number of nitrogens with two attached hydrogens (primary N) is 1. The number of nitrogens with one attached hydrogen (secondary N) is 2. The second-order valence-corrected chi connectivity index (χ2v) is 8.01. The van der Waals surface area contributed by atoms with Crippen molar-refractivity contribution in [1.82, 2.24) is 36.2 Å². The maximum absolute atomic E-state index is 13.2. The first-order valence-corrected chi connectivity index (χ1v) is 10.9. The van der Waals surface area contributed by atoms with Crippen LogP contribution in [-0.2, 0) is 13.0 Å². The van der Waals surface area contributed by atoms with Gasteiger partial charge in [-0.05, 0) is 46.6 Å². The molecule has 2 aromatic heterocycles. The van der Waals surface area contributed by atoms with Gasteiger partial charge in [0.25, 0.3) is 5.91 Å². The number of hydrogen-bond donors (Lipinski definition) is 4. The number of benzene rings is 2. The van der Waals surface area contributed by atoms with Crippen LogP contribution < -0.4 is 26.2 Å². The van der Waals surface area contributed by atoms with Crippen molar-refractivity contribution in [2.75, 3.05) is 24.3 Å². The second-order valence-electron chi connectivity index (χ2n) is 8.01. The molecule has 36 heavy (non-hydrogen) atoms. The number of amides is 1. The zero-order valence-electron chi connectivity index (χ0n) is 19.3. The van der Waals surface area contributed by atoms with E-state index in [1.165, 1.54) is 23.4 Å². The van der Waals surface area contributed by atoms with E-state index in [1.807, 2.05) is 18.2 Å². The lowest BCUT2D eigenvalue weighted by Gasteiger charge is -2.20. The normalized spacial score (nSPS) is 12.3. The summed E-state index contributed by atoms with van der Waals surface area (Å²) in [4.78, 5) is 15.3. The van der Waals surface area contributed by atoms with Crippen LogP contribution >= 0.6 is 0 Å². The van der Waals surface area contributed by atoms with Crippen LogP contribution in [0.4, 0.5) is 11.5 Å². The van der Waals surface area contributed by atoms with Gasteiger partial charge in [-0.25, -0.2) is 4.63 Å². The zero-order valence-corrected chi connectivity index (χ0v) is 19.3. The van der Waals surface area contributed by atoms with Gasteiger partial charge in [0.1, 0.15) is 0 Å². The predicted octanol–water partition coefficient (Wildman–Crippen LogP) is 1.41. The molecule has 0 radical (unpaired) electrons. The van der Waals surface area contributed by atoms with Crippen molar-refractivity contribution < 1.29 is 19.3 Å². The summed E-state index contributed by atoms with van der Waals surface area (Å²) < 4.78 is 11.2. The van der Waals surface area contributed by atoms with Crippen LogP contribution in [0.1, 0.15) is 27.3 Å². The molecule has 4 aromatic rings. The van der Waals surface area contributed by atoms with Crippen LogP contribution in [-0.4, -0.2) is 50.0 Å². The molecule has 0 unspecified atom stereocenters. The number of nitrogen functional groups attached to an aromatic ring is 1. The molecule has 0 aliphatic carbocycles. The Hall–Kier alpha value is -5.07. The number of phenolic OH excluding ortho intramolecular Hbond substituents is 1. The third-order valence-electron chi connectivity index (χ3n) is 5.85. The van der Waals surface area contributed by atoms with Crippen molar-refractivity contribution in [3.05, 3.63) is 71.6 Å². The van der Waals surface area contributed by atoms with Crippen molar-refractivity contribution >= 4 is 23.1 Å². The Labute approximate surface area is 205 Å². The number of hydrazine groups is 1. The van der Waals surface area contributed by atoms with Crippen LogP contribution in [0, 0.1) is 0 Å². The number of anilines is 2. The van der Waals surface area contributed by atoms with Crippen molar-refractivity contribution in [3.63, 3.8) is 0 Å². The second kappa shape index (κ2) is 9.29. The Morgan fingerprint density at radius 1 is 1.25 bits per heavy atom. The van der Waals surface area contributed by atoms with Crippen LogP contribution in [0.5, 0.6) is 11.5 Å². The van der Waals surface area contributed by atoms with E-state index in [0.717, 1.165) is 18.7 Å². The van der Waals surface area contributed by atoms with Gasteiger partial charge in [0.2, 0.25) is 11.6 Å². The first-order valence-electron chi connectivity index (χ1n) is 10.9. The molecule has 0 atom stereocenters. The number of fused-ring (bicyclic) bond motifs is 1. The smallest absolute Gasteiger partial charge is 0.292 e. The van der Waals surface area contributed by atoms with E-state index >= 15 is 0 Å². The number of para-hydroxylation sites is 1. The molecule has 5 rings (SSSR count). The fourth-order valence-corrected chi connectivity index (χ4v) is 4.01. The third-order valence-corrected chi connectivity index (χ3v) is 5.85. The summed E-state index contributed by atoms with van der Waals surface area (Å²) >= 11 is 0. The zero-order chi connectivity index (χ0) is 25.2. The van der Waals surface area contributed by atoms with Crippen LogP contribution in [0.25, 0.3) is 11.5 Å². The molecule has 1 amide bonds. The Kier molecular flexibility index (Phi) is 5.86. The molecular formula is C23H23N9O4. The molecule has 5 N–H and O–H groups in total. The quantitative estimate of drug-likeness (QED) is 0.264. The van der Waals surface area contributed by atoms with Gasteiger partial charge >= 0.3 is 0 Å². The van der Waals surface area contributed by atoms with Gasteiger partial charge in [-0.15, -0.1) is 5.10 Å². The molecule has 0 spiro atoms. The lowest BCUT2D eigenvalue weighted by atomic mass is 10.1. The van der Waals surface area contributed by atoms with Gasteiger partial charge in [-0.3, -0.25) is 15.6 Å². The van der Waals surface area contributed by atoms with Crippen LogP contribution in [0.15, 0.2) is 53.7 Å². The first kappa shape index (κ1) is 22.7. The highest BCUT2D eigenvalue weighted by molar-refractivity contribution is 5.93. The lowest BCUT2D eigenvalue weighted by molar-refractivity contribution is 0.0936. The Bertz CT molecular complexity index is 1450. The minimum atomic E-state index is -0.550. The highest BCUT2D eigenvalue weighted by Crippen LogP contribution is 2.30. The fraction of sp³-hybridized carbons (Fsp3) is 0.174. The highest BCUT2D eigenvalue weighted by Gasteiger charge is 2.28. The number of carbonyl (C=O) groups excluding carboxylic acids is 1. The summed E-state index contributed by atoms with van der Waals surface area (Å²) in [5, 5.41) is 25.4. The number of nitrogens with zero attached hydrogens (tertiary/aromatic N) is 6. The molecule has 3 heterocycles. The summed E-state index contributed by atoms with van der Waals surface area (Å²) in [5.41, 5.74) is 15.0. The molecule has 184 valence electrons. The van der Waals surface area contributed by atoms with Crippen LogP contribution in [0.3, 0.4) is 0 Å². The maximum Gasteiger partial charge on any atom is 0.292 e.